The molecule has 1 aromatic heterocycles. The Morgan fingerprint density at radius 2 is 2.06 bits per heavy atom. The number of rotatable bonds is 7. The van der Waals surface area contributed by atoms with Crippen molar-refractivity contribution in [1.29, 1.82) is 0 Å². The SMILES string of the molecule is CC(C)CN(CC(N)=O)Cc1nc(C(C)C)no1. The van der Waals surface area contributed by atoms with Crippen molar-refractivity contribution in [1.82, 2.24) is 15.0 Å². The van der Waals surface area contributed by atoms with Gasteiger partial charge in [0.15, 0.2) is 5.82 Å². The van der Waals surface area contributed by atoms with E-state index in [0.29, 0.717) is 24.2 Å². The summed E-state index contributed by atoms with van der Waals surface area (Å²) >= 11 is 0. The van der Waals surface area contributed by atoms with E-state index in [0.717, 1.165) is 6.54 Å². The van der Waals surface area contributed by atoms with Crippen molar-refractivity contribution in [3.8, 4) is 0 Å². The maximum Gasteiger partial charge on any atom is 0.240 e. The molecule has 0 aromatic carbocycles. The Morgan fingerprint density at radius 1 is 1.39 bits per heavy atom. The van der Waals surface area contributed by atoms with E-state index < -0.39 is 0 Å². The Bertz CT molecular complexity index is 387. The highest BCUT2D eigenvalue weighted by molar-refractivity contribution is 5.75. The Kier molecular flexibility index (Phi) is 5.27. The van der Waals surface area contributed by atoms with E-state index in [9.17, 15) is 4.79 Å². The van der Waals surface area contributed by atoms with Crippen molar-refractivity contribution in [2.24, 2.45) is 11.7 Å². The summed E-state index contributed by atoms with van der Waals surface area (Å²) in [5.74, 6) is 1.54. The fourth-order valence-electron chi connectivity index (χ4n) is 1.68. The van der Waals surface area contributed by atoms with Crippen molar-refractivity contribution >= 4 is 5.91 Å². The van der Waals surface area contributed by atoms with Crippen molar-refractivity contribution in [3.63, 3.8) is 0 Å². The molecule has 102 valence electrons. The maximum atomic E-state index is 11.0. The fraction of sp³-hybridized carbons (Fsp3) is 0.750. The minimum atomic E-state index is -0.348. The quantitative estimate of drug-likeness (QED) is 0.788. The van der Waals surface area contributed by atoms with Crippen LogP contribution >= 0.6 is 0 Å². The summed E-state index contributed by atoms with van der Waals surface area (Å²) in [7, 11) is 0. The topological polar surface area (TPSA) is 85.2 Å². The fourth-order valence-corrected chi connectivity index (χ4v) is 1.68. The summed E-state index contributed by atoms with van der Waals surface area (Å²) in [6.45, 7) is 9.61. The van der Waals surface area contributed by atoms with Gasteiger partial charge < -0.3 is 10.3 Å². The summed E-state index contributed by atoms with van der Waals surface area (Å²) in [5, 5.41) is 3.90. The van der Waals surface area contributed by atoms with Crippen LogP contribution in [0.25, 0.3) is 0 Å². The number of carbonyl (C=O) groups excluding carboxylic acids is 1. The van der Waals surface area contributed by atoms with Gasteiger partial charge in [-0.05, 0) is 5.92 Å². The van der Waals surface area contributed by atoms with Gasteiger partial charge in [0.05, 0.1) is 13.1 Å². The molecule has 0 bridgehead atoms. The number of amides is 1. The maximum absolute atomic E-state index is 11.0. The Morgan fingerprint density at radius 3 is 2.50 bits per heavy atom. The molecule has 1 heterocycles. The minimum Gasteiger partial charge on any atom is -0.369 e. The molecule has 0 saturated heterocycles. The van der Waals surface area contributed by atoms with E-state index in [1.165, 1.54) is 0 Å². The number of hydrogen-bond acceptors (Lipinski definition) is 5. The molecule has 0 atom stereocenters. The van der Waals surface area contributed by atoms with Crippen LogP contribution in [0.15, 0.2) is 4.52 Å². The second-order valence-electron chi connectivity index (χ2n) is 5.23. The van der Waals surface area contributed by atoms with Crippen molar-refractivity contribution in [2.45, 2.75) is 40.2 Å². The molecule has 0 unspecified atom stereocenters. The molecule has 0 saturated carbocycles. The van der Waals surface area contributed by atoms with Gasteiger partial charge in [-0.25, -0.2) is 0 Å². The van der Waals surface area contributed by atoms with Gasteiger partial charge in [0, 0.05) is 12.5 Å². The number of aromatic nitrogens is 2. The van der Waals surface area contributed by atoms with Crippen LogP contribution in [0.4, 0.5) is 0 Å². The summed E-state index contributed by atoms with van der Waals surface area (Å²) in [4.78, 5) is 17.2. The molecule has 0 fully saturated rings. The largest absolute Gasteiger partial charge is 0.369 e. The van der Waals surface area contributed by atoms with Crippen LogP contribution in [0.2, 0.25) is 0 Å². The molecule has 1 amide bonds. The highest BCUT2D eigenvalue weighted by atomic mass is 16.5. The normalized spacial score (nSPS) is 11.7. The Balaban J connectivity index is 2.65. The third kappa shape index (κ3) is 4.83. The summed E-state index contributed by atoms with van der Waals surface area (Å²) in [6.07, 6.45) is 0. The lowest BCUT2D eigenvalue weighted by molar-refractivity contribution is -0.119. The number of nitrogens with zero attached hydrogens (tertiary/aromatic N) is 3. The van der Waals surface area contributed by atoms with Gasteiger partial charge in [-0.1, -0.05) is 32.9 Å². The number of nitrogens with two attached hydrogens (primary N) is 1. The first-order chi connectivity index (χ1) is 8.38. The average molecular weight is 254 g/mol. The van der Waals surface area contributed by atoms with Crippen LogP contribution in [0.5, 0.6) is 0 Å². The van der Waals surface area contributed by atoms with Crippen LogP contribution in [-0.2, 0) is 11.3 Å². The first-order valence-corrected chi connectivity index (χ1v) is 6.21. The highest BCUT2D eigenvalue weighted by Crippen LogP contribution is 2.11. The van der Waals surface area contributed by atoms with Gasteiger partial charge in [-0.3, -0.25) is 9.69 Å². The van der Waals surface area contributed by atoms with E-state index in [-0.39, 0.29) is 18.4 Å². The number of primary amides is 1. The van der Waals surface area contributed by atoms with Crippen LogP contribution in [0.1, 0.15) is 45.3 Å². The number of carbonyl (C=O) groups is 1. The highest BCUT2D eigenvalue weighted by Gasteiger charge is 2.16. The average Bonchev–Trinajstić information content (AvgIpc) is 2.63. The van der Waals surface area contributed by atoms with Gasteiger partial charge in [0.1, 0.15) is 0 Å². The molecule has 0 aliphatic carbocycles. The molecule has 0 aliphatic rings. The van der Waals surface area contributed by atoms with Gasteiger partial charge >= 0.3 is 0 Å². The molecule has 6 heteroatoms. The molecule has 0 spiro atoms. The van der Waals surface area contributed by atoms with Crippen LogP contribution < -0.4 is 5.73 Å². The summed E-state index contributed by atoms with van der Waals surface area (Å²) in [5.41, 5.74) is 5.23. The molecular weight excluding hydrogens is 232 g/mol. The molecular formula is C12H22N4O2. The lowest BCUT2D eigenvalue weighted by atomic mass is 10.2. The molecule has 6 nitrogen and oxygen atoms in total. The third-order valence-electron chi connectivity index (χ3n) is 2.36. The lowest BCUT2D eigenvalue weighted by Gasteiger charge is -2.20. The molecule has 1 aromatic rings. The summed E-state index contributed by atoms with van der Waals surface area (Å²) in [6, 6.07) is 0. The van der Waals surface area contributed by atoms with E-state index in [4.69, 9.17) is 10.3 Å². The zero-order chi connectivity index (χ0) is 13.7. The predicted molar refractivity (Wildman–Crippen MR) is 67.7 cm³/mol. The number of hydrogen-bond donors (Lipinski definition) is 1. The van der Waals surface area contributed by atoms with Gasteiger partial charge in [-0.15, -0.1) is 0 Å². The molecule has 0 aliphatic heterocycles. The Hall–Kier alpha value is -1.43. The minimum absolute atomic E-state index is 0.206. The molecule has 1 rings (SSSR count). The first-order valence-electron chi connectivity index (χ1n) is 6.21. The monoisotopic (exact) mass is 254 g/mol. The van der Waals surface area contributed by atoms with E-state index in [2.05, 4.69) is 24.0 Å². The van der Waals surface area contributed by atoms with E-state index in [1.807, 2.05) is 18.7 Å². The predicted octanol–water partition coefficient (Wildman–Crippen LogP) is 1.14. The summed E-state index contributed by atoms with van der Waals surface area (Å²) < 4.78 is 5.16. The zero-order valence-electron chi connectivity index (χ0n) is 11.5. The van der Waals surface area contributed by atoms with Gasteiger partial charge in [0.25, 0.3) is 0 Å². The molecule has 2 N–H and O–H groups in total. The van der Waals surface area contributed by atoms with Gasteiger partial charge in [0.2, 0.25) is 11.8 Å². The Labute approximate surface area is 108 Å². The second-order valence-corrected chi connectivity index (χ2v) is 5.23. The van der Waals surface area contributed by atoms with Crippen LogP contribution in [0.3, 0.4) is 0 Å². The van der Waals surface area contributed by atoms with Crippen molar-refractivity contribution in [3.05, 3.63) is 11.7 Å². The van der Waals surface area contributed by atoms with Gasteiger partial charge in [-0.2, -0.15) is 4.98 Å². The zero-order valence-corrected chi connectivity index (χ0v) is 11.5. The van der Waals surface area contributed by atoms with E-state index in [1.54, 1.807) is 0 Å². The molecule has 0 radical (unpaired) electrons. The van der Waals surface area contributed by atoms with E-state index >= 15 is 0 Å². The molecule has 18 heavy (non-hydrogen) atoms. The second kappa shape index (κ2) is 6.49. The van der Waals surface area contributed by atoms with Crippen molar-refractivity contribution in [2.75, 3.05) is 13.1 Å². The smallest absolute Gasteiger partial charge is 0.240 e. The lowest BCUT2D eigenvalue weighted by Crippen LogP contribution is -2.35. The van der Waals surface area contributed by atoms with Crippen LogP contribution in [0, 0.1) is 5.92 Å². The third-order valence-corrected chi connectivity index (χ3v) is 2.36. The standard InChI is InChI=1S/C12H22N4O2/c1-8(2)5-16(6-10(13)17)7-11-14-12(9(3)4)15-18-11/h8-9H,5-7H2,1-4H3,(H2,13,17). The first kappa shape index (κ1) is 14.6. The van der Waals surface area contributed by atoms with Crippen LogP contribution in [-0.4, -0.2) is 34.0 Å². The van der Waals surface area contributed by atoms with Crippen molar-refractivity contribution < 1.29 is 9.32 Å².